The number of nitrogens with two attached hydrogens (primary N) is 1. The fourth-order valence-electron chi connectivity index (χ4n) is 1.64. The van der Waals surface area contributed by atoms with E-state index in [2.05, 4.69) is 23.3 Å². The summed E-state index contributed by atoms with van der Waals surface area (Å²) in [5, 5.41) is 4.44. The molecule has 0 aliphatic carbocycles. The van der Waals surface area contributed by atoms with Gasteiger partial charge in [0.1, 0.15) is 11.5 Å². The van der Waals surface area contributed by atoms with Crippen LogP contribution in [0.3, 0.4) is 0 Å². The number of aromatic nitrogens is 3. The van der Waals surface area contributed by atoms with Gasteiger partial charge in [0.15, 0.2) is 0 Å². The normalized spacial score (nSPS) is 11.2. The summed E-state index contributed by atoms with van der Waals surface area (Å²) < 4.78 is 5.82. The van der Waals surface area contributed by atoms with E-state index in [9.17, 15) is 0 Å². The van der Waals surface area contributed by atoms with Gasteiger partial charge in [0.05, 0.1) is 4.88 Å². The number of hydrogen-bond acceptors (Lipinski definition) is 4. The summed E-state index contributed by atoms with van der Waals surface area (Å²) in [5.74, 6) is 1.12. The second kappa shape index (κ2) is 3.66. The number of hydrogen-bond donors (Lipinski definition) is 1. The minimum Gasteiger partial charge on any atom is -0.384 e. The molecule has 4 nitrogen and oxygen atoms in total. The highest BCUT2D eigenvalue weighted by atomic mass is 32.1. The minimum atomic E-state index is 0.371. The number of nitrogens with zero attached hydrogens (tertiary/aromatic N) is 3. The number of rotatable bonds is 2. The quantitative estimate of drug-likeness (QED) is 0.847. The smallest absolute Gasteiger partial charge is 0.125 e. The fraction of sp³-hybridized carbons (Fsp3) is 0.400. The molecule has 0 saturated carbocycles. The van der Waals surface area contributed by atoms with Gasteiger partial charge in [-0.05, 0) is 23.5 Å². The SMILES string of the molecule is CC(C)c1c(-c2ccns2)nn(C)c1N. The average molecular weight is 222 g/mol. The van der Waals surface area contributed by atoms with Gasteiger partial charge in [0, 0.05) is 18.8 Å². The molecule has 0 atom stereocenters. The number of aryl methyl sites for hydroxylation is 1. The molecule has 2 N–H and O–H groups in total. The van der Waals surface area contributed by atoms with Crippen molar-refractivity contribution in [2.24, 2.45) is 7.05 Å². The van der Waals surface area contributed by atoms with Gasteiger partial charge in [-0.2, -0.15) is 5.10 Å². The standard InChI is InChI=1S/C10H14N4S/c1-6(2)8-9(7-4-5-12-15-7)13-14(3)10(8)11/h4-6H,11H2,1-3H3. The fourth-order valence-corrected chi connectivity index (χ4v) is 2.24. The molecule has 0 aliphatic rings. The molecule has 2 aromatic heterocycles. The van der Waals surface area contributed by atoms with E-state index < -0.39 is 0 Å². The Hall–Kier alpha value is -1.36. The van der Waals surface area contributed by atoms with E-state index in [0.717, 1.165) is 22.0 Å². The van der Waals surface area contributed by atoms with Crippen LogP contribution in [-0.4, -0.2) is 14.2 Å². The molecule has 5 heteroatoms. The second-order valence-corrected chi connectivity index (χ2v) is 4.64. The van der Waals surface area contributed by atoms with Gasteiger partial charge in [-0.1, -0.05) is 13.8 Å². The highest BCUT2D eigenvalue weighted by Crippen LogP contribution is 2.33. The van der Waals surface area contributed by atoms with Crippen molar-refractivity contribution in [3.05, 3.63) is 17.8 Å². The molecule has 0 unspecified atom stereocenters. The molecule has 0 aromatic carbocycles. The van der Waals surface area contributed by atoms with Gasteiger partial charge in [0.2, 0.25) is 0 Å². The first-order valence-electron chi connectivity index (χ1n) is 4.84. The molecular formula is C10H14N4S. The molecule has 0 fully saturated rings. The lowest BCUT2D eigenvalue weighted by Crippen LogP contribution is -2.00. The van der Waals surface area contributed by atoms with Gasteiger partial charge in [-0.15, -0.1) is 0 Å². The minimum absolute atomic E-state index is 0.371. The summed E-state index contributed by atoms with van der Waals surface area (Å²) in [5.41, 5.74) is 8.07. The molecule has 0 amide bonds. The Kier molecular flexibility index (Phi) is 2.48. The average Bonchev–Trinajstić information content (AvgIpc) is 2.75. The van der Waals surface area contributed by atoms with Gasteiger partial charge in [-0.25, -0.2) is 4.37 Å². The molecular weight excluding hydrogens is 208 g/mol. The first kappa shape index (κ1) is 10.2. The summed E-state index contributed by atoms with van der Waals surface area (Å²) in [6.45, 7) is 4.25. The molecule has 0 spiro atoms. The lowest BCUT2D eigenvalue weighted by molar-refractivity contribution is 0.780. The molecule has 0 bridgehead atoms. The number of anilines is 1. The summed E-state index contributed by atoms with van der Waals surface area (Å²) in [6.07, 6.45) is 1.79. The Bertz CT molecular complexity index is 456. The molecule has 2 aromatic rings. The molecule has 0 radical (unpaired) electrons. The van der Waals surface area contributed by atoms with Gasteiger partial charge in [-0.3, -0.25) is 4.68 Å². The summed E-state index contributed by atoms with van der Waals surface area (Å²) in [4.78, 5) is 1.08. The maximum atomic E-state index is 6.00. The Balaban J connectivity index is 2.61. The Morgan fingerprint density at radius 1 is 1.47 bits per heavy atom. The van der Waals surface area contributed by atoms with Crippen LogP contribution in [0.1, 0.15) is 25.3 Å². The van der Waals surface area contributed by atoms with Crippen molar-refractivity contribution in [2.45, 2.75) is 19.8 Å². The van der Waals surface area contributed by atoms with E-state index in [-0.39, 0.29) is 0 Å². The lowest BCUT2D eigenvalue weighted by atomic mass is 10.0. The zero-order valence-corrected chi connectivity index (χ0v) is 9.88. The van der Waals surface area contributed by atoms with Crippen molar-refractivity contribution in [3.63, 3.8) is 0 Å². The summed E-state index contributed by atoms with van der Waals surface area (Å²) >= 11 is 1.45. The molecule has 2 heterocycles. The van der Waals surface area contributed by atoms with Crippen LogP contribution in [0.25, 0.3) is 10.6 Å². The van der Waals surface area contributed by atoms with Crippen LogP contribution < -0.4 is 5.73 Å². The van der Waals surface area contributed by atoms with E-state index >= 15 is 0 Å². The maximum absolute atomic E-state index is 6.00. The lowest BCUT2D eigenvalue weighted by Gasteiger charge is -2.05. The molecule has 15 heavy (non-hydrogen) atoms. The molecule has 2 rings (SSSR count). The van der Waals surface area contributed by atoms with E-state index in [1.807, 2.05) is 13.1 Å². The van der Waals surface area contributed by atoms with Crippen LogP contribution in [0.5, 0.6) is 0 Å². The highest BCUT2D eigenvalue weighted by molar-refractivity contribution is 7.09. The first-order valence-corrected chi connectivity index (χ1v) is 5.62. The van der Waals surface area contributed by atoms with Gasteiger partial charge < -0.3 is 5.73 Å². The van der Waals surface area contributed by atoms with Crippen molar-refractivity contribution >= 4 is 17.4 Å². The van der Waals surface area contributed by atoms with Crippen LogP contribution in [-0.2, 0) is 7.05 Å². The maximum Gasteiger partial charge on any atom is 0.125 e. The van der Waals surface area contributed by atoms with Crippen LogP contribution in [0.15, 0.2) is 12.3 Å². The highest BCUT2D eigenvalue weighted by Gasteiger charge is 2.18. The van der Waals surface area contributed by atoms with Gasteiger partial charge >= 0.3 is 0 Å². The molecule has 0 saturated heterocycles. The number of nitrogen functional groups attached to an aromatic ring is 1. The monoisotopic (exact) mass is 222 g/mol. The Morgan fingerprint density at radius 3 is 2.73 bits per heavy atom. The first-order chi connectivity index (χ1) is 7.11. The summed E-state index contributed by atoms with van der Waals surface area (Å²) in [7, 11) is 1.87. The van der Waals surface area contributed by atoms with E-state index in [4.69, 9.17) is 5.73 Å². The Morgan fingerprint density at radius 2 is 2.20 bits per heavy atom. The summed E-state index contributed by atoms with van der Waals surface area (Å²) in [6, 6.07) is 1.97. The molecule has 80 valence electrons. The van der Waals surface area contributed by atoms with Crippen LogP contribution >= 0.6 is 11.5 Å². The van der Waals surface area contributed by atoms with Crippen LogP contribution in [0.2, 0.25) is 0 Å². The van der Waals surface area contributed by atoms with Crippen molar-refractivity contribution in [2.75, 3.05) is 5.73 Å². The van der Waals surface area contributed by atoms with Crippen molar-refractivity contribution < 1.29 is 0 Å². The van der Waals surface area contributed by atoms with Crippen molar-refractivity contribution in [1.29, 1.82) is 0 Å². The third-order valence-electron chi connectivity index (χ3n) is 2.38. The van der Waals surface area contributed by atoms with Crippen molar-refractivity contribution in [3.8, 4) is 10.6 Å². The topological polar surface area (TPSA) is 56.7 Å². The van der Waals surface area contributed by atoms with Crippen LogP contribution in [0.4, 0.5) is 5.82 Å². The van der Waals surface area contributed by atoms with E-state index in [1.54, 1.807) is 10.9 Å². The Labute approximate surface area is 92.9 Å². The molecule has 0 aliphatic heterocycles. The third-order valence-corrected chi connectivity index (χ3v) is 3.13. The zero-order valence-electron chi connectivity index (χ0n) is 9.06. The van der Waals surface area contributed by atoms with Gasteiger partial charge in [0.25, 0.3) is 0 Å². The van der Waals surface area contributed by atoms with E-state index in [0.29, 0.717) is 5.92 Å². The second-order valence-electron chi connectivity index (χ2n) is 3.80. The predicted octanol–water partition coefficient (Wildman–Crippen LogP) is 2.25. The zero-order chi connectivity index (χ0) is 11.0. The van der Waals surface area contributed by atoms with Crippen LogP contribution in [0, 0.1) is 0 Å². The predicted molar refractivity (Wildman–Crippen MR) is 62.8 cm³/mol. The largest absolute Gasteiger partial charge is 0.384 e. The van der Waals surface area contributed by atoms with Crippen molar-refractivity contribution in [1.82, 2.24) is 14.2 Å². The van der Waals surface area contributed by atoms with E-state index in [1.165, 1.54) is 11.5 Å². The third kappa shape index (κ3) is 1.63.